The molecule has 2 nitrogen and oxygen atoms in total. The monoisotopic (exact) mass is 430 g/mol. The van der Waals surface area contributed by atoms with Crippen LogP contribution in [-0.2, 0) is 6.11 Å². The largest absolute Gasteiger partial charge is 0.457 e. The molecule has 0 radical (unpaired) electrons. The number of hydrogen-bond donors (Lipinski definition) is 0. The van der Waals surface area contributed by atoms with Crippen LogP contribution in [-0.4, -0.2) is 6.86 Å². The molecule has 0 N–H and O–H groups in total. The van der Waals surface area contributed by atoms with Gasteiger partial charge in [-0.1, -0.05) is 29.8 Å². The topological polar surface area (TPSA) is 18.5 Å². The first kappa shape index (κ1) is 21.5. The van der Waals surface area contributed by atoms with Crippen LogP contribution in [0.2, 0.25) is 0 Å². The summed E-state index contributed by atoms with van der Waals surface area (Å²) in [6.07, 6.45) is -4.61. The van der Waals surface area contributed by atoms with Crippen molar-refractivity contribution >= 4 is 0 Å². The molecule has 0 aliphatic heterocycles. The highest BCUT2D eigenvalue weighted by Crippen LogP contribution is 2.38. The van der Waals surface area contributed by atoms with Gasteiger partial charge in [0.25, 0.3) is 0 Å². The summed E-state index contributed by atoms with van der Waals surface area (Å²) in [6.45, 7) is 0.238. The number of benzene rings is 3. The van der Waals surface area contributed by atoms with E-state index in [1.165, 1.54) is 0 Å². The third-order valence-corrected chi connectivity index (χ3v) is 4.13. The molecular formula is C21H13F7O2. The van der Waals surface area contributed by atoms with Gasteiger partial charge in [-0.25, -0.2) is 22.0 Å². The quantitative estimate of drug-likeness (QED) is 0.408. The third kappa shape index (κ3) is 4.34. The van der Waals surface area contributed by atoms with E-state index < -0.39 is 53.3 Å². The fourth-order valence-corrected chi connectivity index (χ4v) is 2.75. The highest BCUT2D eigenvalue weighted by Gasteiger charge is 2.41. The van der Waals surface area contributed by atoms with Crippen LogP contribution in [0.1, 0.15) is 11.1 Å². The molecule has 0 unspecified atom stereocenters. The lowest BCUT2D eigenvalue weighted by atomic mass is 10.0. The third-order valence-electron chi connectivity index (χ3n) is 4.13. The zero-order valence-electron chi connectivity index (χ0n) is 15.3. The fraction of sp³-hybridized carbons (Fsp3) is 0.143. The summed E-state index contributed by atoms with van der Waals surface area (Å²) in [7, 11) is 0. The van der Waals surface area contributed by atoms with E-state index in [9.17, 15) is 30.7 Å². The molecule has 0 fully saturated rings. The second-order valence-electron chi connectivity index (χ2n) is 6.27. The Bertz CT molecular complexity index is 1020. The number of ether oxygens (including phenoxy) is 2. The van der Waals surface area contributed by atoms with Crippen LogP contribution in [0.3, 0.4) is 0 Å². The van der Waals surface area contributed by atoms with Gasteiger partial charge in [-0.3, -0.25) is 0 Å². The van der Waals surface area contributed by atoms with E-state index in [1.807, 2.05) is 0 Å². The second kappa shape index (κ2) is 8.25. The SMILES string of the molecule is Cc1ccc(-c2cc(F)c(C(F)(F)Oc3cc(F)c(OCF)c(F)c3)c(F)c2)cc1. The minimum atomic E-state index is -4.61. The smallest absolute Gasteiger partial charge is 0.432 e. The van der Waals surface area contributed by atoms with Crippen LogP contribution in [0.15, 0.2) is 48.5 Å². The maximum Gasteiger partial charge on any atom is 0.432 e. The van der Waals surface area contributed by atoms with Gasteiger partial charge >= 0.3 is 6.11 Å². The molecule has 0 bridgehead atoms. The molecule has 30 heavy (non-hydrogen) atoms. The lowest BCUT2D eigenvalue weighted by Crippen LogP contribution is -2.25. The first-order valence-corrected chi connectivity index (χ1v) is 8.43. The summed E-state index contributed by atoms with van der Waals surface area (Å²) in [5.74, 6) is -8.53. The molecule has 0 saturated heterocycles. The standard InChI is InChI=1S/C21H13F7O2/c1-11-2-4-12(5-3-11)13-6-15(23)19(16(24)7-13)21(27,28)30-14-8-17(25)20(29-10-22)18(26)9-14/h2-9H,10H2,1H3. The van der Waals surface area contributed by atoms with Gasteiger partial charge in [0.1, 0.15) is 22.9 Å². The molecule has 0 spiro atoms. The summed E-state index contributed by atoms with van der Waals surface area (Å²) in [5.41, 5.74) is -0.446. The van der Waals surface area contributed by atoms with Gasteiger partial charge in [0.2, 0.25) is 6.86 Å². The molecule has 0 atom stereocenters. The summed E-state index contributed by atoms with van der Waals surface area (Å²) in [5, 5.41) is 0. The lowest BCUT2D eigenvalue weighted by molar-refractivity contribution is -0.189. The van der Waals surface area contributed by atoms with Crippen molar-refractivity contribution in [3.8, 4) is 22.6 Å². The fourth-order valence-electron chi connectivity index (χ4n) is 2.75. The van der Waals surface area contributed by atoms with E-state index in [0.29, 0.717) is 17.7 Å². The second-order valence-corrected chi connectivity index (χ2v) is 6.27. The van der Waals surface area contributed by atoms with Crippen LogP contribution in [0.4, 0.5) is 30.7 Å². The number of aryl methyl sites for hydroxylation is 1. The molecule has 3 aromatic rings. The summed E-state index contributed by atoms with van der Waals surface area (Å²) < 4.78 is 105. The highest BCUT2D eigenvalue weighted by molar-refractivity contribution is 5.64. The van der Waals surface area contributed by atoms with E-state index in [1.54, 1.807) is 31.2 Å². The molecule has 0 heterocycles. The number of rotatable bonds is 6. The Hall–Kier alpha value is -3.23. The zero-order valence-corrected chi connectivity index (χ0v) is 15.3. The van der Waals surface area contributed by atoms with Crippen LogP contribution in [0.5, 0.6) is 11.5 Å². The maximum absolute atomic E-state index is 14.4. The Balaban J connectivity index is 1.95. The van der Waals surface area contributed by atoms with Crippen LogP contribution < -0.4 is 9.47 Å². The van der Waals surface area contributed by atoms with Crippen molar-refractivity contribution < 1.29 is 40.2 Å². The molecular weight excluding hydrogens is 417 g/mol. The van der Waals surface area contributed by atoms with E-state index in [-0.39, 0.29) is 17.7 Å². The van der Waals surface area contributed by atoms with Crippen LogP contribution in [0.25, 0.3) is 11.1 Å². The Kier molecular flexibility index (Phi) is 5.91. The van der Waals surface area contributed by atoms with Crippen LogP contribution in [0, 0.1) is 30.2 Å². The van der Waals surface area contributed by atoms with Crippen molar-refractivity contribution in [1.82, 2.24) is 0 Å². The van der Waals surface area contributed by atoms with Gasteiger partial charge in [-0.2, -0.15) is 8.78 Å². The van der Waals surface area contributed by atoms with Crippen molar-refractivity contribution in [2.24, 2.45) is 0 Å². The molecule has 9 heteroatoms. The van der Waals surface area contributed by atoms with Gasteiger partial charge in [-0.15, -0.1) is 0 Å². The summed E-state index contributed by atoms with van der Waals surface area (Å²) in [4.78, 5) is 0. The average molecular weight is 430 g/mol. The predicted octanol–water partition coefficient (Wildman–Crippen LogP) is 6.65. The predicted molar refractivity (Wildman–Crippen MR) is 94.0 cm³/mol. The normalized spacial score (nSPS) is 11.5. The van der Waals surface area contributed by atoms with Gasteiger partial charge in [0.05, 0.1) is 0 Å². The Labute approximate surface area is 166 Å². The Morgan fingerprint density at radius 2 is 1.30 bits per heavy atom. The molecule has 158 valence electrons. The van der Waals surface area contributed by atoms with E-state index in [4.69, 9.17) is 0 Å². The van der Waals surface area contributed by atoms with Gasteiger partial charge in [0, 0.05) is 12.1 Å². The molecule has 0 aliphatic rings. The van der Waals surface area contributed by atoms with Crippen LogP contribution >= 0.6 is 0 Å². The number of alkyl halides is 3. The van der Waals surface area contributed by atoms with E-state index in [2.05, 4.69) is 9.47 Å². The zero-order chi connectivity index (χ0) is 22.1. The van der Waals surface area contributed by atoms with E-state index >= 15 is 0 Å². The molecule has 3 aromatic carbocycles. The molecule has 0 aromatic heterocycles. The molecule has 3 rings (SSSR count). The number of halogens is 7. The van der Waals surface area contributed by atoms with Crippen molar-refractivity contribution in [2.75, 3.05) is 6.86 Å². The highest BCUT2D eigenvalue weighted by atomic mass is 19.3. The first-order chi connectivity index (χ1) is 14.1. The van der Waals surface area contributed by atoms with E-state index in [0.717, 1.165) is 5.56 Å². The summed E-state index contributed by atoms with van der Waals surface area (Å²) >= 11 is 0. The minimum absolute atomic E-state index is 0.00867. The number of hydrogen-bond acceptors (Lipinski definition) is 2. The van der Waals surface area contributed by atoms with Crippen molar-refractivity contribution in [3.05, 3.63) is 82.9 Å². The average Bonchev–Trinajstić information content (AvgIpc) is 2.64. The molecule has 0 saturated carbocycles. The molecule has 0 amide bonds. The lowest BCUT2D eigenvalue weighted by Gasteiger charge is -2.20. The Morgan fingerprint density at radius 3 is 1.80 bits per heavy atom. The van der Waals surface area contributed by atoms with Crippen molar-refractivity contribution in [2.45, 2.75) is 13.0 Å². The Morgan fingerprint density at radius 1 is 0.767 bits per heavy atom. The van der Waals surface area contributed by atoms with Gasteiger partial charge in [0.15, 0.2) is 17.4 Å². The minimum Gasteiger partial charge on any atom is -0.457 e. The van der Waals surface area contributed by atoms with Gasteiger partial charge < -0.3 is 9.47 Å². The summed E-state index contributed by atoms with van der Waals surface area (Å²) in [6, 6.07) is 8.41. The van der Waals surface area contributed by atoms with Crippen molar-refractivity contribution in [3.63, 3.8) is 0 Å². The maximum atomic E-state index is 14.4. The molecule has 0 aliphatic carbocycles. The first-order valence-electron chi connectivity index (χ1n) is 8.43. The van der Waals surface area contributed by atoms with Gasteiger partial charge in [-0.05, 0) is 30.2 Å². The van der Waals surface area contributed by atoms with Crippen molar-refractivity contribution in [1.29, 1.82) is 0 Å².